The van der Waals surface area contributed by atoms with Crippen LogP contribution in [0.1, 0.15) is 5.56 Å². The van der Waals surface area contributed by atoms with Gasteiger partial charge in [-0.1, -0.05) is 29.3 Å². The minimum absolute atomic E-state index is 0.115. The average molecular weight is 318 g/mol. The van der Waals surface area contributed by atoms with E-state index in [9.17, 15) is 8.78 Å². The average Bonchev–Trinajstić information content (AvgIpc) is 2.41. The first-order valence-electron chi connectivity index (χ1n) is 5.69. The van der Waals surface area contributed by atoms with Crippen molar-refractivity contribution in [3.8, 4) is 0 Å². The van der Waals surface area contributed by atoms with E-state index in [1.807, 2.05) is 0 Å². The molecule has 1 aromatic heterocycles. The fraction of sp³-hybridized carbons (Fsp3) is 0.154. The van der Waals surface area contributed by atoms with Crippen LogP contribution in [0.3, 0.4) is 0 Å². The Bertz CT molecular complexity index is 663. The van der Waals surface area contributed by atoms with Gasteiger partial charge >= 0.3 is 0 Å². The molecule has 0 fully saturated rings. The van der Waals surface area contributed by atoms with Crippen molar-refractivity contribution in [1.82, 2.24) is 4.98 Å². The van der Waals surface area contributed by atoms with Crippen molar-refractivity contribution in [3.05, 3.63) is 45.4 Å². The first-order chi connectivity index (χ1) is 9.43. The number of aromatic nitrogens is 1. The molecule has 3 nitrogen and oxygen atoms in total. The van der Waals surface area contributed by atoms with Gasteiger partial charge in [0.15, 0.2) is 11.6 Å². The highest BCUT2D eigenvalue weighted by Crippen LogP contribution is 2.32. The number of halogens is 4. The van der Waals surface area contributed by atoms with E-state index in [1.165, 1.54) is 25.1 Å². The van der Waals surface area contributed by atoms with E-state index in [2.05, 4.69) is 15.6 Å². The highest BCUT2D eigenvalue weighted by molar-refractivity contribution is 6.37. The van der Waals surface area contributed by atoms with Crippen molar-refractivity contribution < 1.29 is 8.78 Å². The van der Waals surface area contributed by atoms with Crippen LogP contribution in [0.4, 0.5) is 26.1 Å². The number of hydrogen-bond donors (Lipinski definition) is 2. The van der Waals surface area contributed by atoms with Crippen LogP contribution < -0.4 is 10.6 Å². The molecule has 0 atom stereocenters. The number of rotatable bonds is 3. The largest absolute Gasteiger partial charge is 0.372 e. The molecule has 0 saturated carbocycles. The van der Waals surface area contributed by atoms with Crippen LogP contribution in [-0.2, 0) is 0 Å². The van der Waals surface area contributed by atoms with Crippen molar-refractivity contribution >= 4 is 40.5 Å². The Balaban J connectivity index is 2.48. The molecule has 0 aliphatic heterocycles. The maximum absolute atomic E-state index is 13.9. The molecule has 0 unspecified atom stereocenters. The summed E-state index contributed by atoms with van der Waals surface area (Å²) in [5, 5.41) is 5.79. The number of benzene rings is 1. The van der Waals surface area contributed by atoms with E-state index in [4.69, 9.17) is 23.2 Å². The Kier molecular flexibility index (Phi) is 4.30. The van der Waals surface area contributed by atoms with E-state index < -0.39 is 11.6 Å². The van der Waals surface area contributed by atoms with Crippen LogP contribution in [-0.4, -0.2) is 12.0 Å². The third kappa shape index (κ3) is 2.78. The van der Waals surface area contributed by atoms with Crippen molar-refractivity contribution in [2.45, 2.75) is 6.92 Å². The molecule has 1 heterocycles. The zero-order chi connectivity index (χ0) is 14.9. The minimum atomic E-state index is -0.730. The van der Waals surface area contributed by atoms with Crippen LogP contribution in [0.15, 0.2) is 18.2 Å². The van der Waals surface area contributed by atoms with Gasteiger partial charge in [-0.05, 0) is 24.6 Å². The molecule has 2 aromatic rings. The Labute approximate surface area is 124 Å². The molecule has 0 spiro atoms. The van der Waals surface area contributed by atoms with Crippen LogP contribution in [0, 0.1) is 18.6 Å². The summed E-state index contributed by atoms with van der Waals surface area (Å²) in [4.78, 5) is 4.08. The molecular formula is C13H11Cl2F2N3. The minimum Gasteiger partial charge on any atom is -0.372 e. The third-order valence-electron chi connectivity index (χ3n) is 2.69. The number of hydrogen-bond acceptors (Lipinski definition) is 3. The lowest BCUT2D eigenvalue weighted by molar-refractivity contribution is 0.585. The normalized spacial score (nSPS) is 10.5. The summed E-state index contributed by atoms with van der Waals surface area (Å²) in [6.07, 6.45) is 0. The Hall–Kier alpha value is -1.59. The fourth-order valence-corrected chi connectivity index (χ4v) is 2.12. The number of aryl methyl sites for hydroxylation is 1. The van der Waals surface area contributed by atoms with Gasteiger partial charge in [0.1, 0.15) is 17.3 Å². The lowest BCUT2D eigenvalue weighted by Crippen LogP contribution is -2.03. The summed E-state index contributed by atoms with van der Waals surface area (Å²) < 4.78 is 27.6. The van der Waals surface area contributed by atoms with E-state index in [1.54, 1.807) is 7.05 Å². The highest BCUT2D eigenvalue weighted by Gasteiger charge is 2.15. The van der Waals surface area contributed by atoms with Gasteiger partial charge in [0, 0.05) is 7.05 Å². The van der Waals surface area contributed by atoms with Gasteiger partial charge in [-0.2, -0.15) is 0 Å². The molecule has 0 radical (unpaired) electrons. The maximum Gasteiger partial charge on any atom is 0.152 e. The van der Waals surface area contributed by atoms with Gasteiger partial charge in [0.05, 0.1) is 10.0 Å². The molecule has 0 saturated heterocycles. The molecule has 2 N–H and O–H groups in total. The third-order valence-corrected chi connectivity index (χ3v) is 3.27. The second kappa shape index (κ2) is 5.81. The first kappa shape index (κ1) is 14.8. The Morgan fingerprint density at radius 3 is 2.40 bits per heavy atom. The SMILES string of the molecule is CNc1nc(Nc2c(F)ccc(C)c2F)c(Cl)cc1Cl. The number of anilines is 3. The summed E-state index contributed by atoms with van der Waals surface area (Å²) >= 11 is 11.9. The maximum atomic E-state index is 13.9. The summed E-state index contributed by atoms with van der Waals surface area (Å²) in [5.74, 6) is -0.952. The number of nitrogens with one attached hydrogen (secondary N) is 2. The molecule has 7 heteroatoms. The monoisotopic (exact) mass is 317 g/mol. The van der Waals surface area contributed by atoms with Crippen molar-refractivity contribution in [2.75, 3.05) is 17.7 Å². The zero-order valence-electron chi connectivity index (χ0n) is 10.7. The molecule has 0 bridgehead atoms. The van der Waals surface area contributed by atoms with Gasteiger partial charge in [-0.25, -0.2) is 13.8 Å². The molecule has 20 heavy (non-hydrogen) atoms. The standard InChI is InChI=1S/C13H11Cl2F2N3/c1-6-3-4-9(16)11(10(6)17)19-13-8(15)5-7(14)12(18-2)20-13/h3-5H,1-2H3,(H2,18,19,20). The van der Waals surface area contributed by atoms with Gasteiger partial charge in [-0.3, -0.25) is 0 Å². The molecule has 2 rings (SSSR count). The highest BCUT2D eigenvalue weighted by atomic mass is 35.5. The van der Waals surface area contributed by atoms with Gasteiger partial charge in [0.25, 0.3) is 0 Å². The van der Waals surface area contributed by atoms with E-state index in [0.29, 0.717) is 16.4 Å². The lowest BCUT2D eigenvalue weighted by atomic mass is 10.2. The van der Waals surface area contributed by atoms with E-state index in [-0.39, 0.29) is 16.5 Å². The zero-order valence-corrected chi connectivity index (χ0v) is 12.2. The first-order valence-corrected chi connectivity index (χ1v) is 6.45. The second-order valence-electron chi connectivity index (χ2n) is 4.08. The van der Waals surface area contributed by atoms with Gasteiger partial charge in [-0.15, -0.1) is 0 Å². The van der Waals surface area contributed by atoms with E-state index >= 15 is 0 Å². The lowest BCUT2D eigenvalue weighted by Gasteiger charge is -2.13. The van der Waals surface area contributed by atoms with Gasteiger partial charge in [0.2, 0.25) is 0 Å². The Morgan fingerprint density at radius 2 is 1.75 bits per heavy atom. The predicted octanol–water partition coefficient (Wildman–Crippen LogP) is 4.76. The molecule has 0 aliphatic carbocycles. The summed E-state index contributed by atoms with van der Waals surface area (Å²) in [6.45, 7) is 1.54. The van der Waals surface area contributed by atoms with Crippen LogP contribution in [0.25, 0.3) is 0 Å². The van der Waals surface area contributed by atoms with Crippen LogP contribution >= 0.6 is 23.2 Å². The molecule has 106 valence electrons. The summed E-state index contributed by atoms with van der Waals surface area (Å²) in [6, 6.07) is 3.96. The molecular weight excluding hydrogens is 307 g/mol. The number of nitrogens with zero attached hydrogens (tertiary/aromatic N) is 1. The fourth-order valence-electron chi connectivity index (χ4n) is 1.62. The quantitative estimate of drug-likeness (QED) is 0.857. The second-order valence-corrected chi connectivity index (χ2v) is 4.89. The van der Waals surface area contributed by atoms with Crippen LogP contribution in [0.2, 0.25) is 10.0 Å². The summed E-state index contributed by atoms with van der Waals surface area (Å²) in [7, 11) is 1.62. The molecule has 0 aliphatic rings. The smallest absolute Gasteiger partial charge is 0.152 e. The Morgan fingerprint density at radius 1 is 1.10 bits per heavy atom. The van der Waals surface area contributed by atoms with E-state index in [0.717, 1.165) is 0 Å². The van der Waals surface area contributed by atoms with Crippen molar-refractivity contribution in [3.63, 3.8) is 0 Å². The summed E-state index contributed by atoms with van der Waals surface area (Å²) in [5.41, 5.74) is 0.0107. The number of pyridine rings is 1. The predicted molar refractivity (Wildman–Crippen MR) is 78.2 cm³/mol. The van der Waals surface area contributed by atoms with Crippen molar-refractivity contribution in [2.24, 2.45) is 0 Å². The molecule has 0 amide bonds. The topological polar surface area (TPSA) is 37.0 Å². The van der Waals surface area contributed by atoms with Crippen LogP contribution in [0.5, 0.6) is 0 Å². The van der Waals surface area contributed by atoms with Gasteiger partial charge < -0.3 is 10.6 Å². The molecule has 1 aromatic carbocycles. The van der Waals surface area contributed by atoms with Crippen molar-refractivity contribution in [1.29, 1.82) is 0 Å².